The van der Waals surface area contributed by atoms with E-state index in [0.717, 1.165) is 19.5 Å². The Morgan fingerprint density at radius 2 is 2.12 bits per heavy atom. The molecule has 0 atom stereocenters. The van der Waals surface area contributed by atoms with Crippen molar-refractivity contribution in [1.82, 2.24) is 25.4 Å². The summed E-state index contributed by atoms with van der Waals surface area (Å²) >= 11 is 12.4. The molecule has 1 aliphatic heterocycles. The summed E-state index contributed by atoms with van der Waals surface area (Å²) in [5, 5.41) is 11.2. The summed E-state index contributed by atoms with van der Waals surface area (Å²) in [6.45, 7) is 4.01. The average molecular weight is 366 g/mol. The minimum absolute atomic E-state index is 0.0954. The number of aromatic nitrogens is 3. The third-order valence-electron chi connectivity index (χ3n) is 3.76. The number of benzene rings is 1. The van der Waals surface area contributed by atoms with Crippen molar-refractivity contribution < 1.29 is 4.79 Å². The molecular weight excluding hydrogens is 349 g/mol. The molecule has 0 spiro atoms. The van der Waals surface area contributed by atoms with Crippen LogP contribution >= 0.6 is 23.2 Å². The second-order valence-electron chi connectivity index (χ2n) is 5.46. The van der Waals surface area contributed by atoms with Crippen LogP contribution in [0.5, 0.6) is 0 Å². The molecule has 126 valence electrons. The van der Waals surface area contributed by atoms with Crippen LogP contribution in [0.1, 0.15) is 22.9 Å². The maximum atomic E-state index is 12.3. The van der Waals surface area contributed by atoms with Crippen LogP contribution in [-0.2, 0) is 0 Å². The highest BCUT2D eigenvalue weighted by atomic mass is 35.5. The Balaban J connectivity index is 1.78. The van der Waals surface area contributed by atoms with Crippen molar-refractivity contribution in [3.8, 4) is 5.69 Å². The zero-order valence-corrected chi connectivity index (χ0v) is 14.7. The predicted octanol–water partition coefficient (Wildman–Crippen LogP) is 2.53. The van der Waals surface area contributed by atoms with Gasteiger partial charge < -0.3 is 10.6 Å². The number of halogens is 2. The first kappa shape index (κ1) is 17.0. The van der Waals surface area contributed by atoms with Crippen LogP contribution in [0, 0.1) is 6.92 Å². The van der Waals surface area contributed by atoms with E-state index in [2.05, 4.69) is 26.8 Å². The number of rotatable bonds is 4. The molecule has 6 nitrogen and oxygen atoms in total. The molecule has 2 heterocycles. The van der Waals surface area contributed by atoms with Gasteiger partial charge in [0.1, 0.15) is 11.5 Å². The molecule has 0 saturated heterocycles. The van der Waals surface area contributed by atoms with Crippen molar-refractivity contribution in [2.45, 2.75) is 13.3 Å². The highest BCUT2D eigenvalue weighted by Crippen LogP contribution is 2.28. The Morgan fingerprint density at radius 1 is 1.38 bits per heavy atom. The number of para-hydroxylation sites is 1. The maximum absolute atomic E-state index is 12.3. The van der Waals surface area contributed by atoms with Gasteiger partial charge in [0, 0.05) is 13.1 Å². The van der Waals surface area contributed by atoms with E-state index >= 15 is 0 Å². The first-order valence-electron chi connectivity index (χ1n) is 7.61. The fraction of sp³-hybridized carbons (Fsp3) is 0.312. The van der Waals surface area contributed by atoms with Crippen molar-refractivity contribution in [2.24, 2.45) is 0 Å². The Kier molecular flexibility index (Phi) is 5.18. The largest absolute Gasteiger partial charge is 0.346 e. The molecule has 1 aromatic carbocycles. The number of hydrogen-bond acceptors (Lipinski definition) is 4. The van der Waals surface area contributed by atoms with Crippen LogP contribution in [0.25, 0.3) is 5.69 Å². The van der Waals surface area contributed by atoms with E-state index in [-0.39, 0.29) is 11.7 Å². The zero-order valence-electron chi connectivity index (χ0n) is 13.1. The van der Waals surface area contributed by atoms with Gasteiger partial charge in [0.05, 0.1) is 10.0 Å². The first-order chi connectivity index (χ1) is 11.6. The van der Waals surface area contributed by atoms with Gasteiger partial charge in [-0.1, -0.05) is 40.9 Å². The van der Waals surface area contributed by atoms with Gasteiger partial charge in [-0.2, -0.15) is 0 Å². The second-order valence-corrected chi connectivity index (χ2v) is 6.28. The molecule has 0 fully saturated rings. The molecule has 0 radical (unpaired) electrons. The molecule has 2 aromatic rings. The highest BCUT2D eigenvalue weighted by molar-refractivity contribution is 6.37. The summed E-state index contributed by atoms with van der Waals surface area (Å²) < 4.78 is 1.49. The summed E-state index contributed by atoms with van der Waals surface area (Å²) in [6, 6.07) is 5.18. The molecule has 0 bridgehead atoms. The molecule has 0 saturated carbocycles. The van der Waals surface area contributed by atoms with E-state index in [1.54, 1.807) is 25.1 Å². The molecule has 0 unspecified atom stereocenters. The van der Waals surface area contributed by atoms with Crippen LogP contribution in [0.15, 0.2) is 29.8 Å². The Labute approximate surface area is 149 Å². The summed E-state index contributed by atoms with van der Waals surface area (Å²) in [6.07, 6.45) is 3.01. The number of amides is 1. The lowest BCUT2D eigenvalue weighted by Crippen LogP contribution is -2.30. The second kappa shape index (κ2) is 7.34. The number of nitrogens with one attached hydrogen (secondary N) is 2. The van der Waals surface area contributed by atoms with Gasteiger partial charge in [-0.05, 0) is 32.0 Å². The van der Waals surface area contributed by atoms with E-state index in [9.17, 15) is 4.79 Å². The topological polar surface area (TPSA) is 71.8 Å². The molecule has 8 heteroatoms. The van der Waals surface area contributed by atoms with Crippen LogP contribution in [0.2, 0.25) is 10.0 Å². The number of carbonyl (C=O) groups excluding carboxylic acids is 1. The molecule has 1 amide bonds. The van der Waals surface area contributed by atoms with Crippen LogP contribution in [-0.4, -0.2) is 40.3 Å². The molecule has 3 rings (SSSR count). The third-order valence-corrected chi connectivity index (χ3v) is 4.37. The number of carbonyl (C=O) groups is 1. The molecule has 0 aliphatic carbocycles. The normalized spacial score (nSPS) is 14.4. The first-order valence-corrected chi connectivity index (χ1v) is 8.36. The van der Waals surface area contributed by atoms with Gasteiger partial charge in [0.15, 0.2) is 0 Å². The standard InChI is InChI=1S/C16H17Cl2N5O/c1-10-21-15(16(24)20-9-11-5-7-19-8-6-11)22-23(10)14-12(17)3-2-4-13(14)18/h2-5,19H,6-9H2,1H3,(H,20,24). The van der Waals surface area contributed by atoms with Gasteiger partial charge in [-0.15, -0.1) is 5.10 Å². The number of nitrogens with zero attached hydrogens (tertiary/aromatic N) is 3. The molecular formula is C16H17Cl2N5O. The number of hydrogen-bond donors (Lipinski definition) is 2. The Morgan fingerprint density at radius 3 is 2.79 bits per heavy atom. The highest BCUT2D eigenvalue weighted by Gasteiger charge is 2.18. The summed E-state index contributed by atoms with van der Waals surface area (Å²) in [5.41, 5.74) is 1.72. The SMILES string of the molecule is Cc1nc(C(=O)NCC2=CCNCC2)nn1-c1c(Cl)cccc1Cl. The Bertz CT molecular complexity index is 780. The van der Waals surface area contributed by atoms with E-state index in [1.807, 2.05) is 0 Å². The lowest BCUT2D eigenvalue weighted by Gasteiger charge is -2.13. The molecule has 24 heavy (non-hydrogen) atoms. The van der Waals surface area contributed by atoms with E-state index < -0.39 is 0 Å². The Hall–Kier alpha value is -1.89. The van der Waals surface area contributed by atoms with E-state index in [0.29, 0.717) is 28.1 Å². The minimum atomic E-state index is -0.320. The lowest BCUT2D eigenvalue weighted by molar-refractivity contribution is 0.0946. The van der Waals surface area contributed by atoms with Gasteiger partial charge in [0.2, 0.25) is 5.82 Å². The minimum Gasteiger partial charge on any atom is -0.346 e. The smallest absolute Gasteiger partial charge is 0.291 e. The van der Waals surface area contributed by atoms with Gasteiger partial charge in [-0.3, -0.25) is 4.79 Å². The van der Waals surface area contributed by atoms with Crippen molar-refractivity contribution in [2.75, 3.05) is 19.6 Å². The lowest BCUT2D eigenvalue weighted by atomic mass is 10.1. The van der Waals surface area contributed by atoms with Crippen molar-refractivity contribution in [3.05, 3.63) is 51.5 Å². The van der Waals surface area contributed by atoms with Crippen molar-refractivity contribution >= 4 is 29.1 Å². The quantitative estimate of drug-likeness (QED) is 0.816. The van der Waals surface area contributed by atoms with E-state index in [4.69, 9.17) is 23.2 Å². The maximum Gasteiger partial charge on any atom is 0.291 e. The predicted molar refractivity (Wildman–Crippen MR) is 94.0 cm³/mol. The molecule has 1 aliphatic rings. The van der Waals surface area contributed by atoms with Crippen LogP contribution < -0.4 is 10.6 Å². The van der Waals surface area contributed by atoms with Crippen LogP contribution in [0.4, 0.5) is 0 Å². The summed E-state index contributed by atoms with van der Waals surface area (Å²) in [4.78, 5) is 16.5. The number of aryl methyl sites for hydroxylation is 1. The fourth-order valence-corrected chi connectivity index (χ4v) is 3.05. The van der Waals surface area contributed by atoms with Gasteiger partial charge in [-0.25, -0.2) is 9.67 Å². The summed E-state index contributed by atoms with van der Waals surface area (Å²) in [7, 11) is 0. The average Bonchev–Trinajstić information content (AvgIpc) is 2.95. The molecule has 1 aromatic heterocycles. The molecule has 2 N–H and O–H groups in total. The van der Waals surface area contributed by atoms with Crippen molar-refractivity contribution in [1.29, 1.82) is 0 Å². The third kappa shape index (κ3) is 3.61. The van der Waals surface area contributed by atoms with E-state index in [1.165, 1.54) is 10.3 Å². The van der Waals surface area contributed by atoms with Gasteiger partial charge >= 0.3 is 0 Å². The monoisotopic (exact) mass is 365 g/mol. The summed E-state index contributed by atoms with van der Waals surface area (Å²) in [5.74, 6) is 0.314. The van der Waals surface area contributed by atoms with Gasteiger partial charge in [0.25, 0.3) is 5.91 Å². The fourth-order valence-electron chi connectivity index (χ4n) is 2.49. The zero-order chi connectivity index (χ0) is 17.1. The van der Waals surface area contributed by atoms with Crippen LogP contribution in [0.3, 0.4) is 0 Å². The van der Waals surface area contributed by atoms with Crippen molar-refractivity contribution in [3.63, 3.8) is 0 Å².